The number of rotatable bonds is 3. The van der Waals surface area contributed by atoms with Crippen LogP contribution in [0, 0.1) is 0 Å². The molecule has 104 valence electrons. The van der Waals surface area contributed by atoms with Crippen molar-refractivity contribution in [3.8, 4) is 0 Å². The van der Waals surface area contributed by atoms with E-state index < -0.39 is 0 Å². The number of carbonyl (C=O) groups excluding carboxylic acids is 1. The van der Waals surface area contributed by atoms with E-state index in [9.17, 15) is 4.79 Å². The third kappa shape index (κ3) is 2.81. The van der Waals surface area contributed by atoms with E-state index in [1.54, 1.807) is 18.3 Å². The van der Waals surface area contributed by atoms with E-state index in [4.69, 9.17) is 0 Å². The Hall–Kier alpha value is -1.13. The van der Waals surface area contributed by atoms with Crippen molar-refractivity contribution in [2.45, 2.75) is 26.3 Å². The Morgan fingerprint density at radius 2 is 2.20 bits per heavy atom. The molecular formula is C16H16BrNOS. The van der Waals surface area contributed by atoms with Crippen LogP contribution in [0.2, 0.25) is 0 Å². The maximum absolute atomic E-state index is 11.5. The van der Waals surface area contributed by atoms with Crippen molar-refractivity contribution in [2.24, 2.45) is 0 Å². The Kier molecular flexibility index (Phi) is 3.94. The molecule has 0 saturated carbocycles. The summed E-state index contributed by atoms with van der Waals surface area (Å²) in [5.41, 5.74) is 3.41. The van der Waals surface area contributed by atoms with E-state index in [-0.39, 0.29) is 5.78 Å². The van der Waals surface area contributed by atoms with Crippen molar-refractivity contribution in [1.82, 2.24) is 0 Å². The van der Waals surface area contributed by atoms with Crippen LogP contribution in [0.1, 0.15) is 34.1 Å². The number of fused-ring (bicyclic) bond motifs is 1. The molecule has 2 nitrogen and oxygen atoms in total. The van der Waals surface area contributed by atoms with Crippen molar-refractivity contribution >= 4 is 38.7 Å². The van der Waals surface area contributed by atoms with Crippen molar-refractivity contribution in [1.29, 1.82) is 0 Å². The van der Waals surface area contributed by atoms with Gasteiger partial charge in [0.25, 0.3) is 0 Å². The first-order valence-corrected chi connectivity index (χ1v) is 8.37. The Bertz CT molecular complexity index is 650. The topological polar surface area (TPSA) is 20.3 Å². The van der Waals surface area contributed by atoms with Gasteiger partial charge in [0.2, 0.25) is 0 Å². The van der Waals surface area contributed by atoms with Crippen LogP contribution in [0.15, 0.2) is 34.1 Å². The third-order valence-electron chi connectivity index (χ3n) is 3.68. The molecule has 0 bridgehead atoms. The summed E-state index contributed by atoms with van der Waals surface area (Å²) in [6.07, 6.45) is 2.22. The largest absolute Gasteiger partial charge is 0.366 e. The van der Waals surface area contributed by atoms with E-state index in [0.29, 0.717) is 0 Å². The van der Waals surface area contributed by atoms with E-state index >= 15 is 0 Å². The second kappa shape index (κ2) is 5.70. The first-order chi connectivity index (χ1) is 9.63. The van der Waals surface area contributed by atoms with Gasteiger partial charge in [-0.05, 0) is 71.6 Å². The van der Waals surface area contributed by atoms with Crippen LogP contribution in [0.3, 0.4) is 0 Å². The van der Waals surface area contributed by atoms with Crippen molar-refractivity contribution in [3.05, 3.63) is 50.1 Å². The van der Waals surface area contributed by atoms with Gasteiger partial charge >= 0.3 is 0 Å². The molecule has 1 aromatic carbocycles. The second-order valence-corrected chi connectivity index (χ2v) is 7.68. The Morgan fingerprint density at radius 1 is 1.35 bits per heavy atom. The smallest absolute Gasteiger partial charge is 0.159 e. The molecule has 3 rings (SSSR count). The molecule has 0 fully saturated rings. The zero-order valence-corrected chi connectivity index (χ0v) is 13.8. The van der Waals surface area contributed by atoms with Gasteiger partial charge in [-0.15, -0.1) is 11.3 Å². The molecule has 0 spiro atoms. The normalized spacial score (nSPS) is 14.2. The highest BCUT2D eigenvalue weighted by Gasteiger charge is 2.18. The summed E-state index contributed by atoms with van der Waals surface area (Å²) in [7, 11) is 0. The van der Waals surface area contributed by atoms with E-state index in [2.05, 4.69) is 45.1 Å². The van der Waals surface area contributed by atoms with Gasteiger partial charge in [-0.3, -0.25) is 4.79 Å². The molecule has 1 aromatic heterocycles. The Labute approximate surface area is 131 Å². The summed E-state index contributed by atoms with van der Waals surface area (Å²) < 4.78 is 1.18. The number of thiophene rings is 1. The lowest BCUT2D eigenvalue weighted by atomic mass is 9.98. The molecular weight excluding hydrogens is 334 g/mol. The van der Waals surface area contributed by atoms with Crippen molar-refractivity contribution < 1.29 is 4.79 Å². The summed E-state index contributed by atoms with van der Waals surface area (Å²) >= 11 is 5.30. The van der Waals surface area contributed by atoms with Crippen LogP contribution in [-0.2, 0) is 13.0 Å². The van der Waals surface area contributed by atoms with E-state index in [1.165, 1.54) is 19.9 Å². The minimum Gasteiger partial charge on any atom is -0.366 e. The molecule has 0 amide bonds. The summed E-state index contributed by atoms with van der Waals surface area (Å²) in [6, 6.07) is 10.4. The van der Waals surface area contributed by atoms with Crippen LogP contribution in [-0.4, -0.2) is 12.3 Å². The third-order valence-corrected chi connectivity index (χ3v) is 5.28. The van der Waals surface area contributed by atoms with Gasteiger partial charge in [0.15, 0.2) is 5.78 Å². The maximum atomic E-state index is 11.5. The number of ketones is 1. The fourth-order valence-electron chi connectivity index (χ4n) is 2.68. The zero-order chi connectivity index (χ0) is 14.1. The molecule has 4 heteroatoms. The fourth-order valence-corrected chi connectivity index (χ4v) is 4.18. The lowest BCUT2D eigenvalue weighted by Crippen LogP contribution is -2.28. The average Bonchev–Trinajstić information content (AvgIpc) is 2.84. The first-order valence-electron chi connectivity index (χ1n) is 6.76. The molecule has 0 radical (unpaired) electrons. The molecule has 1 aliphatic rings. The SMILES string of the molecule is CC(=O)c1ccc2c(c1)CCCN2Cc1ccc(Br)s1. The van der Waals surface area contributed by atoms with Gasteiger partial charge in [0.1, 0.15) is 0 Å². The van der Waals surface area contributed by atoms with Gasteiger partial charge < -0.3 is 4.90 Å². The van der Waals surface area contributed by atoms with Crippen LogP contribution in [0.25, 0.3) is 0 Å². The number of halogens is 1. The predicted molar refractivity (Wildman–Crippen MR) is 87.8 cm³/mol. The molecule has 0 aliphatic carbocycles. The fraction of sp³-hybridized carbons (Fsp3) is 0.312. The molecule has 2 aromatic rings. The summed E-state index contributed by atoms with van der Waals surface area (Å²) in [5.74, 6) is 0.145. The molecule has 0 N–H and O–H groups in total. The van der Waals surface area contributed by atoms with Crippen LogP contribution >= 0.6 is 27.3 Å². The highest BCUT2D eigenvalue weighted by molar-refractivity contribution is 9.11. The highest BCUT2D eigenvalue weighted by atomic mass is 79.9. The highest BCUT2D eigenvalue weighted by Crippen LogP contribution is 2.31. The number of anilines is 1. The van der Waals surface area contributed by atoms with Gasteiger partial charge in [0.05, 0.1) is 10.3 Å². The second-order valence-electron chi connectivity index (χ2n) is 5.13. The predicted octanol–water partition coefficient (Wildman–Crippen LogP) is 4.67. The number of aryl methyl sites for hydroxylation is 1. The van der Waals surface area contributed by atoms with Gasteiger partial charge in [0, 0.05) is 22.7 Å². The lowest BCUT2D eigenvalue weighted by molar-refractivity contribution is 0.101. The number of nitrogens with zero attached hydrogens (tertiary/aromatic N) is 1. The number of hydrogen-bond acceptors (Lipinski definition) is 3. The van der Waals surface area contributed by atoms with Crippen LogP contribution < -0.4 is 4.90 Å². The quantitative estimate of drug-likeness (QED) is 0.750. The molecule has 0 atom stereocenters. The standard InChI is InChI=1S/C16H16BrNOS/c1-11(19)12-4-6-15-13(9-12)3-2-8-18(15)10-14-5-7-16(17)20-14/h4-7,9H,2-3,8,10H2,1H3. The molecule has 20 heavy (non-hydrogen) atoms. The summed E-state index contributed by atoms with van der Waals surface area (Å²) in [5, 5.41) is 0. The van der Waals surface area contributed by atoms with Gasteiger partial charge in [-0.25, -0.2) is 0 Å². The van der Waals surface area contributed by atoms with E-state index in [0.717, 1.165) is 31.5 Å². The monoisotopic (exact) mass is 349 g/mol. The average molecular weight is 350 g/mol. The number of hydrogen-bond donors (Lipinski definition) is 0. The number of Topliss-reactive ketones (excluding diaryl/α,β-unsaturated/α-hetero) is 1. The van der Waals surface area contributed by atoms with Crippen LogP contribution in [0.4, 0.5) is 5.69 Å². The summed E-state index contributed by atoms with van der Waals surface area (Å²) in [4.78, 5) is 15.3. The first kappa shape index (κ1) is 13.8. The zero-order valence-electron chi connectivity index (χ0n) is 11.4. The number of benzene rings is 1. The minimum atomic E-state index is 0.145. The molecule has 2 heterocycles. The minimum absolute atomic E-state index is 0.145. The van der Waals surface area contributed by atoms with Crippen molar-refractivity contribution in [3.63, 3.8) is 0 Å². The van der Waals surface area contributed by atoms with Crippen molar-refractivity contribution in [2.75, 3.05) is 11.4 Å². The molecule has 0 unspecified atom stereocenters. The Morgan fingerprint density at radius 3 is 2.90 bits per heavy atom. The molecule has 1 aliphatic heterocycles. The molecule has 0 saturated heterocycles. The van der Waals surface area contributed by atoms with E-state index in [1.807, 2.05) is 6.07 Å². The number of carbonyl (C=O) groups is 1. The lowest BCUT2D eigenvalue weighted by Gasteiger charge is -2.31. The van der Waals surface area contributed by atoms with Gasteiger partial charge in [-0.2, -0.15) is 0 Å². The van der Waals surface area contributed by atoms with Crippen LogP contribution in [0.5, 0.6) is 0 Å². The van der Waals surface area contributed by atoms with Gasteiger partial charge in [-0.1, -0.05) is 0 Å². The Balaban J connectivity index is 1.88. The maximum Gasteiger partial charge on any atom is 0.159 e. The summed E-state index contributed by atoms with van der Waals surface area (Å²) in [6.45, 7) is 3.66.